The summed E-state index contributed by atoms with van der Waals surface area (Å²) in [6, 6.07) is 8.21. The number of benzene rings is 1. The van der Waals surface area contributed by atoms with Gasteiger partial charge in [-0.15, -0.1) is 0 Å². The van der Waals surface area contributed by atoms with E-state index in [0.29, 0.717) is 0 Å². The van der Waals surface area contributed by atoms with E-state index >= 15 is 0 Å². The first-order valence-electron chi connectivity index (χ1n) is 7.86. The minimum atomic E-state index is -0.0402. The van der Waals surface area contributed by atoms with Gasteiger partial charge in [-0.05, 0) is 44.9 Å². The molecule has 120 valence electrons. The van der Waals surface area contributed by atoms with Crippen LogP contribution in [0.15, 0.2) is 29.8 Å². The van der Waals surface area contributed by atoms with Crippen LogP contribution in [0.25, 0.3) is 6.08 Å². The van der Waals surface area contributed by atoms with Crippen LogP contribution >= 0.6 is 0 Å². The summed E-state index contributed by atoms with van der Waals surface area (Å²) in [6.45, 7) is 7.80. The monoisotopic (exact) mass is 302 g/mol. The molecular formula is C18H26N2O2. The number of ether oxygens (including phenoxy) is 1. The summed E-state index contributed by atoms with van der Waals surface area (Å²) in [4.78, 5) is 14.2. The number of amides is 1. The number of methoxy groups -OCH3 is 1. The molecule has 1 aliphatic rings. The maximum absolute atomic E-state index is 12.2. The SMILES string of the molecule is COc1ccc(C=C(C)CNC2CCN(C(C)C)C2=O)cc1. The third-order valence-corrected chi connectivity index (χ3v) is 4.02. The summed E-state index contributed by atoms with van der Waals surface area (Å²) in [5.41, 5.74) is 2.35. The Balaban J connectivity index is 1.88. The topological polar surface area (TPSA) is 41.6 Å². The van der Waals surface area contributed by atoms with Crippen molar-refractivity contribution in [2.45, 2.75) is 39.3 Å². The summed E-state index contributed by atoms with van der Waals surface area (Å²) in [7, 11) is 1.67. The maximum atomic E-state index is 12.2. The van der Waals surface area contributed by atoms with Crippen LogP contribution < -0.4 is 10.1 Å². The summed E-state index contributed by atoms with van der Waals surface area (Å²) in [5.74, 6) is 1.09. The van der Waals surface area contributed by atoms with E-state index in [-0.39, 0.29) is 18.0 Å². The molecule has 1 atom stereocenters. The highest BCUT2D eigenvalue weighted by Gasteiger charge is 2.32. The molecular weight excluding hydrogens is 276 g/mol. The van der Waals surface area contributed by atoms with E-state index in [1.165, 1.54) is 5.57 Å². The largest absolute Gasteiger partial charge is 0.497 e. The van der Waals surface area contributed by atoms with Crippen LogP contribution in [0.2, 0.25) is 0 Å². The van der Waals surface area contributed by atoms with Crippen molar-refractivity contribution in [2.24, 2.45) is 0 Å². The summed E-state index contributed by atoms with van der Waals surface area (Å²) in [6.07, 6.45) is 3.03. The fourth-order valence-electron chi connectivity index (χ4n) is 2.72. The van der Waals surface area contributed by atoms with E-state index in [2.05, 4.69) is 32.2 Å². The molecule has 2 rings (SSSR count). The number of likely N-dealkylation sites (tertiary alicyclic amines) is 1. The summed E-state index contributed by atoms with van der Waals surface area (Å²) in [5, 5.41) is 3.37. The molecule has 1 amide bonds. The van der Waals surface area contributed by atoms with Crippen LogP contribution in [0.5, 0.6) is 5.75 Å². The molecule has 4 nitrogen and oxygen atoms in total. The molecule has 1 unspecified atom stereocenters. The molecule has 1 heterocycles. The van der Waals surface area contributed by atoms with Crippen molar-refractivity contribution in [3.63, 3.8) is 0 Å². The molecule has 1 saturated heterocycles. The van der Waals surface area contributed by atoms with Gasteiger partial charge in [-0.2, -0.15) is 0 Å². The van der Waals surface area contributed by atoms with Crippen molar-refractivity contribution in [1.29, 1.82) is 0 Å². The standard InChI is InChI=1S/C18H26N2O2/c1-13(2)20-10-9-17(18(20)21)19-12-14(3)11-15-5-7-16(22-4)8-6-15/h5-8,11,13,17,19H,9-10,12H2,1-4H3. The highest BCUT2D eigenvalue weighted by molar-refractivity contribution is 5.84. The van der Waals surface area contributed by atoms with Gasteiger partial charge in [0.15, 0.2) is 0 Å². The molecule has 1 aromatic carbocycles. The highest BCUT2D eigenvalue weighted by atomic mass is 16.5. The van der Waals surface area contributed by atoms with E-state index in [1.807, 2.05) is 29.2 Å². The minimum absolute atomic E-state index is 0.0402. The van der Waals surface area contributed by atoms with Gasteiger partial charge in [-0.25, -0.2) is 0 Å². The molecule has 1 aliphatic heterocycles. The number of hydrogen-bond acceptors (Lipinski definition) is 3. The molecule has 0 aliphatic carbocycles. The highest BCUT2D eigenvalue weighted by Crippen LogP contribution is 2.16. The number of carbonyl (C=O) groups excluding carboxylic acids is 1. The molecule has 22 heavy (non-hydrogen) atoms. The van der Waals surface area contributed by atoms with Gasteiger partial charge in [0.1, 0.15) is 5.75 Å². The van der Waals surface area contributed by atoms with Crippen LogP contribution in [0, 0.1) is 0 Å². The normalized spacial score (nSPS) is 19.1. The molecule has 1 N–H and O–H groups in total. The fourth-order valence-corrected chi connectivity index (χ4v) is 2.72. The predicted octanol–water partition coefficient (Wildman–Crippen LogP) is 2.70. The van der Waals surface area contributed by atoms with E-state index in [1.54, 1.807) is 7.11 Å². The van der Waals surface area contributed by atoms with Crippen molar-refractivity contribution in [1.82, 2.24) is 10.2 Å². The first-order valence-corrected chi connectivity index (χ1v) is 7.86. The smallest absolute Gasteiger partial charge is 0.240 e. The second-order valence-electron chi connectivity index (χ2n) is 6.11. The maximum Gasteiger partial charge on any atom is 0.240 e. The molecule has 0 bridgehead atoms. The lowest BCUT2D eigenvalue weighted by molar-refractivity contribution is -0.130. The Bertz CT molecular complexity index is 535. The average molecular weight is 302 g/mol. The zero-order valence-electron chi connectivity index (χ0n) is 13.9. The lowest BCUT2D eigenvalue weighted by Gasteiger charge is -2.21. The van der Waals surface area contributed by atoms with Crippen LogP contribution in [-0.4, -0.2) is 43.1 Å². The van der Waals surface area contributed by atoms with Gasteiger partial charge in [0, 0.05) is 19.1 Å². The van der Waals surface area contributed by atoms with Gasteiger partial charge in [0.25, 0.3) is 0 Å². The van der Waals surface area contributed by atoms with Crippen molar-refractivity contribution >= 4 is 12.0 Å². The zero-order chi connectivity index (χ0) is 16.1. The second kappa shape index (κ2) is 7.45. The zero-order valence-corrected chi connectivity index (χ0v) is 13.9. The lowest BCUT2D eigenvalue weighted by atomic mass is 10.1. The third kappa shape index (κ3) is 4.10. The minimum Gasteiger partial charge on any atom is -0.497 e. The fraction of sp³-hybridized carbons (Fsp3) is 0.500. The van der Waals surface area contributed by atoms with E-state index in [0.717, 1.165) is 30.8 Å². The Hall–Kier alpha value is -1.81. The second-order valence-corrected chi connectivity index (χ2v) is 6.11. The molecule has 0 saturated carbocycles. The molecule has 0 radical (unpaired) electrons. The Morgan fingerprint density at radius 3 is 2.64 bits per heavy atom. The summed E-state index contributed by atoms with van der Waals surface area (Å²) < 4.78 is 5.16. The first kappa shape index (κ1) is 16.6. The van der Waals surface area contributed by atoms with Crippen molar-refractivity contribution in [3.8, 4) is 5.75 Å². The van der Waals surface area contributed by atoms with E-state index < -0.39 is 0 Å². The van der Waals surface area contributed by atoms with Crippen LogP contribution in [0.1, 0.15) is 32.8 Å². The van der Waals surface area contributed by atoms with Crippen LogP contribution in [0.3, 0.4) is 0 Å². The van der Waals surface area contributed by atoms with Gasteiger partial charge < -0.3 is 15.0 Å². The number of hydrogen-bond donors (Lipinski definition) is 1. The summed E-state index contributed by atoms with van der Waals surface area (Å²) >= 11 is 0. The van der Waals surface area contributed by atoms with Gasteiger partial charge in [-0.3, -0.25) is 4.79 Å². The predicted molar refractivity (Wildman–Crippen MR) is 89.9 cm³/mol. The number of nitrogens with zero attached hydrogens (tertiary/aromatic N) is 1. The Kier molecular flexibility index (Phi) is 5.61. The van der Waals surface area contributed by atoms with Gasteiger partial charge >= 0.3 is 0 Å². The van der Waals surface area contributed by atoms with Gasteiger partial charge in [-0.1, -0.05) is 23.8 Å². The Labute approximate surface area is 133 Å². The van der Waals surface area contributed by atoms with Crippen molar-refractivity contribution in [2.75, 3.05) is 20.2 Å². The van der Waals surface area contributed by atoms with Gasteiger partial charge in [0.2, 0.25) is 5.91 Å². The van der Waals surface area contributed by atoms with Crippen molar-refractivity contribution in [3.05, 3.63) is 35.4 Å². The van der Waals surface area contributed by atoms with Crippen molar-refractivity contribution < 1.29 is 9.53 Å². The van der Waals surface area contributed by atoms with E-state index in [9.17, 15) is 4.79 Å². The molecule has 4 heteroatoms. The number of nitrogens with one attached hydrogen (secondary N) is 1. The van der Waals surface area contributed by atoms with Gasteiger partial charge in [0.05, 0.1) is 13.2 Å². The first-order chi connectivity index (χ1) is 10.5. The third-order valence-electron chi connectivity index (χ3n) is 4.02. The average Bonchev–Trinajstić information content (AvgIpc) is 2.87. The Morgan fingerprint density at radius 2 is 2.09 bits per heavy atom. The quantitative estimate of drug-likeness (QED) is 0.878. The van der Waals surface area contributed by atoms with Crippen LogP contribution in [-0.2, 0) is 4.79 Å². The number of rotatable bonds is 6. The molecule has 0 spiro atoms. The Morgan fingerprint density at radius 1 is 1.41 bits per heavy atom. The number of carbonyl (C=O) groups is 1. The lowest BCUT2D eigenvalue weighted by Crippen LogP contribution is -2.41. The van der Waals surface area contributed by atoms with E-state index in [4.69, 9.17) is 4.74 Å². The molecule has 0 aromatic heterocycles. The molecule has 1 fully saturated rings. The van der Waals surface area contributed by atoms with Crippen LogP contribution in [0.4, 0.5) is 0 Å². The molecule has 1 aromatic rings.